The minimum atomic E-state index is -0.821. The molecule has 0 aromatic rings. The molecule has 0 aliphatic carbocycles. The Hall–Kier alpha value is -3.67. The zero-order valence-electron chi connectivity index (χ0n) is 50.0. The molecule has 0 amide bonds. The van der Waals surface area contributed by atoms with Crippen LogP contribution >= 0.6 is 0 Å². The van der Waals surface area contributed by atoms with E-state index in [4.69, 9.17) is 14.2 Å². The van der Waals surface area contributed by atoms with Crippen LogP contribution in [-0.4, -0.2) is 37.2 Å². The van der Waals surface area contributed by atoms with E-state index in [0.717, 1.165) is 89.9 Å². The molecule has 1 unspecified atom stereocenters. The Labute approximate surface area is 470 Å². The summed E-state index contributed by atoms with van der Waals surface area (Å²) in [7, 11) is 0. The fourth-order valence-electron chi connectivity index (χ4n) is 9.05. The van der Waals surface area contributed by atoms with Crippen LogP contribution in [0.15, 0.2) is 97.2 Å². The van der Waals surface area contributed by atoms with Gasteiger partial charge in [-0.15, -0.1) is 0 Å². The number of carbonyl (C=O) groups is 3. The summed E-state index contributed by atoms with van der Waals surface area (Å²) in [5.74, 6) is -1.04. The third kappa shape index (κ3) is 61.2. The molecular weight excluding hydrogens is 937 g/mol. The van der Waals surface area contributed by atoms with Gasteiger partial charge < -0.3 is 14.2 Å². The Morgan fingerprint density at radius 3 is 0.921 bits per heavy atom. The van der Waals surface area contributed by atoms with Crippen molar-refractivity contribution in [1.29, 1.82) is 0 Å². The first kappa shape index (κ1) is 72.3. The molecule has 0 bridgehead atoms. The first-order valence-corrected chi connectivity index (χ1v) is 32.2. The topological polar surface area (TPSA) is 78.9 Å². The zero-order valence-corrected chi connectivity index (χ0v) is 50.0. The van der Waals surface area contributed by atoms with Gasteiger partial charge in [-0.2, -0.15) is 0 Å². The molecule has 0 N–H and O–H groups in total. The van der Waals surface area contributed by atoms with Crippen molar-refractivity contribution in [2.75, 3.05) is 13.2 Å². The SMILES string of the molecule is CC/C=C\C/C=C\C/C=C\C/C=C\C/C=C\CC(=O)OCC(COC(=O)CCCCCCCCCC/C=C\C/C=C\C/C=C\CCCCCCC)OC(=O)CCCCCCCCCCCCCCCCCCCCCC. The van der Waals surface area contributed by atoms with Crippen LogP contribution in [0.5, 0.6) is 0 Å². The maximum Gasteiger partial charge on any atom is 0.309 e. The van der Waals surface area contributed by atoms with E-state index in [9.17, 15) is 14.4 Å². The van der Waals surface area contributed by atoms with Crippen LogP contribution in [0.2, 0.25) is 0 Å². The molecule has 6 nitrogen and oxygen atoms in total. The van der Waals surface area contributed by atoms with Crippen LogP contribution in [0.4, 0.5) is 0 Å². The van der Waals surface area contributed by atoms with Gasteiger partial charge in [0.05, 0.1) is 6.42 Å². The second-order valence-corrected chi connectivity index (χ2v) is 21.3. The van der Waals surface area contributed by atoms with Crippen LogP contribution in [0.1, 0.15) is 310 Å². The third-order valence-corrected chi connectivity index (χ3v) is 13.9. The van der Waals surface area contributed by atoms with Gasteiger partial charge in [0.15, 0.2) is 6.10 Å². The van der Waals surface area contributed by atoms with Crippen LogP contribution < -0.4 is 0 Å². The van der Waals surface area contributed by atoms with E-state index in [0.29, 0.717) is 12.8 Å². The molecule has 0 aromatic heterocycles. The highest BCUT2D eigenvalue weighted by molar-refractivity contribution is 5.72. The second-order valence-electron chi connectivity index (χ2n) is 21.3. The van der Waals surface area contributed by atoms with Crippen molar-refractivity contribution in [2.24, 2.45) is 0 Å². The maximum absolute atomic E-state index is 12.9. The molecule has 0 saturated heterocycles. The number of carbonyl (C=O) groups excluding carboxylic acids is 3. The molecule has 0 spiro atoms. The molecule has 436 valence electrons. The minimum Gasteiger partial charge on any atom is -0.462 e. The molecule has 0 rings (SSSR count). The average molecular weight is 1060 g/mol. The van der Waals surface area contributed by atoms with Gasteiger partial charge in [0.2, 0.25) is 0 Å². The van der Waals surface area contributed by atoms with E-state index in [1.54, 1.807) is 6.08 Å². The van der Waals surface area contributed by atoms with Crippen molar-refractivity contribution >= 4 is 17.9 Å². The first-order valence-electron chi connectivity index (χ1n) is 32.2. The number of allylic oxidation sites excluding steroid dienone is 15. The summed E-state index contributed by atoms with van der Waals surface area (Å²) in [5, 5.41) is 0. The molecule has 0 fully saturated rings. The van der Waals surface area contributed by atoms with E-state index >= 15 is 0 Å². The Bertz CT molecular complexity index is 1490. The highest BCUT2D eigenvalue weighted by Crippen LogP contribution is 2.17. The van der Waals surface area contributed by atoms with Crippen molar-refractivity contribution in [3.05, 3.63) is 97.2 Å². The summed E-state index contributed by atoms with van der Waals surface area (Å²) in [6, 6.07) is 0. The number of ether oxygens (including phenoxy) is 3. The van der Waals surface area contributed by atoms with Gasteiger partial charge in [0, 0.05) is 12.8 Å². The summed E-state index contributed by atoms with van der Waals surface area (Å²) in [6.45, 7) is 6.46. The van der Waals surface area contributed by atoms with Gasteiger partial charge in [-0.1, -0.05) is 304 Å². The Kier molecular flexibility index (Phi) is 60.8. The molecule has 0 saturated carbocycles. The highest BCUT2D eigenvalue weighted by atomic mass is 16.6. The van der Waals surface area contributed by atoms with E-state index < -0.39 is 12.1 Å². The molecule has 6 heteroatoms. The summed E-state index contributed by atoms with van der Waals surface area (Å²) >= 11 is 0. The van der Waals surface area contributed by atoms with Gasteiger partial charge in [0.1, 0.15) is 13.2 Å². The Morgan fingerprint density at radius 1 is 0.289 bits per heavy atom. The first-order chi connectivity index (χ1) is 37.5. The molecule has 0 aliphatic heterocycles. The Balaban J connectivity index is 4.42. The smallest absolute Gasteiger partial charge is 0.309 e. The van der Waals surface area contributed by atoms with Gasteiger partial charge in [-0.05, 0) is 83.5 Å². The molecule has 0 radical (unpaired) electrons. The molecule has 1 atom stereocenters. The Morgan fingerprint density at radius 2 is 0.566 bits per heavy atom. The number of rotatable bonds is 58. The lowest BCUT2D eigenvalue weighted by Gasteiger charge is -2.18. The fourth-order valence-corrected chi connectivity index (χ4v) is 9.05. The number of esters is 3. The second kappa shape index (κ2) is 63.9. The van der Waals surface area contributed by atoms with E-state index in [2.05, 4.69) is 106 Å². The summed E-state index contributed by atoms with van der Waals surface area (Å²) in [6.07, 6.45) is 85.8. The maximum atomic E-state index is 12.9. The summed E-state index contributed by atoms with van der Waals surface area (Å²) < 4.78 is 16.8. The van der Waals surface area contributed by atoms with Gasteiger partial charge in [-0.25, -0.2) is 0 Å². The van der Waals surface area contributed by atoms with Crippen LogP contribution in [0, 0.1) is 0 Å². The van der Waals surface area contributed by atoms with Crippen molar-refractivity contribution in [2.45, 2.75) is 316 Å². The van der Waals surface area contributed by atoms with E-state index in [1.807, 2.05) is 6.08 Å². The van der Waals surface area contributed by atoms with Gasteiger partial charge in [0.25, 0.3) is 0 Å². The molecular formula is C70H120O6. The lowest BCUT2D eigenvalue weighted by molar-refractivity contribution is -0.166. The van der Waals surface area contributed by atoms with Crippen molar-refractivity contribution in [3.8, 4) is 0 Å². The predicted octanol–water partition coefficient (Wildman–Crippen LogP) is 22.0. The van der Waals surface area contributed by atoms with Gasteiger partial charge >= 0.3 is 17.9 Å². The van der Waals surface area contributed by atoms with E-state index in [-0.39, 0.29) is 31.6 Å². The predicted molar refractivity (Wildman–Crippen MR) is 330 cm³/mol. The largest absolute Gasteiger partial charge is 0.462 e. The molecule has 0 aliphatic rings. The van der Waals surface area contributed by atoms with Gasteiger partial charge in [-0.3, -0.25) is 14.4 Å². The number of unbranched alkanes of at least 4 members (excludes halogenated alkanes) is 32. The average Bonchev–Trinajstić information content (AvgIpc) is 3.42. The van der Waals surface area contributed by atoms with Crippen LogP contribution in [-0.2, 0) is 28.6 Å². The number of hydrogen-bond acceptors (Lipinski definition) is 6. The van der Waals surface area contributed by atoms with Crippen molar-refractivity contribution in [3.63, 3.8) is 0 Å². The van der Waals surface area contributed by atoms with Crippen molar-refractivity contribution in [1.82, 2.24) is 0 Å². The standard InChI is InChI=1S/C70H120O6/c1-4-7-10-13-16-19-22-25-28-30-32-34-35-36-38-39-42-45-48-51-54-57-60-63-69(72)75-66-67(65-74-68(71)62-59-56-53-50-47-44-41-27-24-21-18-15-12-9-6-3)76-70(73)64-61-58-55-52-49-46-43-40-37-33-31-29-26-23-20-17-14-11-8-5-2/h9,12,18,21-22,25,27,30,32,35-36,41,47,50,56,59,67H,4-8,10-11,13-17,19-20,23-24,26,28-29,31,33-34,37-40,42-46,48-49,51-55,57-58,60-66H2,1-3H3/b12-9-,21-18-,25-22-,32-30-,36-35-,41-27-,50-47-,59-56-. The highest BCUT2D eigenvalue weighted by Gasteiger charge is 2.19. The van der Waals surface area contributed by atoms with Crippen molar-refractivity contribution < 1.29 is 28.6 Å². The lowest BCUT2D eigenvalue weighted by atomic mass is 10.0. The molecule has 0 aromatic carbocycles. The molecule has 76 heavy (non-hydrogen) atoms. The van der Waals surface area contributed by atoms with Crippen LogP contribution in [0.25, 0.3) is 0 Å². The molecule has 0 heterocycles. The zero-order chi connectivity index (χ0) is 55.0. The normalized spacial score (nSPS) is 12.7. The van der Waals surface area contributed by atoms with Crippen LogP contribution in [0.3, 0.4) is 0 Å². The summed E-state index contributed by atoms with van der Waals surface area (Å²) in [5.41, 5.74) is 0. The quantitative estimate of drug-likeness (QED) is 0.0261. The number of hydrogen-bond donors (Lipinski definition) is 0. The van der Waals surface area contributed by atoms with E-state index in [1.165, 1.54) is 180 Å². The minimum absolute atomic E-state index is 0.110. The lowest BCUT2D eigenvalue weighted by Crippen LogP contribution is -2.30. The monoisotopic (exact) mass is 1060 g/mol. The third-order valence-electron chi connectivity index (χ3n) is 13.9. The summed E-state index contributed by atoms with van der Waals surface area (Å²) in [4.78, 5) is 38.3. The fraction of sp³-hybridized carbons (Fsp3) is 0.729.